The molecule has 0 unspecified atom stereocenters. The normalized spacial score (nSPS) is 25.1. The summed E-state index contributed by atoms with van der Waals surface area (Å²) >= 11 is 5.88. The van der Waals surface area contributed by atoms with Gasteiger partial charge in [-0.3, -0.25) is 0 Å². The minimum Gasteiger partial charge on any atom is -0.330 e. The van der Waals surface area contributed by atoms with E-state index in [2.05, 4.69) is 6.07 Å². The number of hydrogen-bond acceptors (Lipinski definition) is 1. The van der Waals surface area contributed by atoms with Gasteiger partial charge >= 0.3 is 0 Å². The molecule has 72 valence electrons. The third-order valence-corrected chi connectivity index (χ3v) is 2.74. The van der Waals surface area contributed by atoms with Crippen molar-refractivity contribution >= 4 is 24.0 Å². The zero-order chi connectivity index (χ0) is 8.55. The summed E-state index contributed by atoms with van der Waals surface area (Å²) in [6.07, 6.45) is 1.23. The number of nitrogens with two attached hydrogens (primary N) is 1. The Labute approximate surface area is 89.7 Å². The highest BCUT2D eigenvalue weighted by Crippen LogP contribution is 2.46. The highest BCUT2D eigenvalue weighted by atomic mass is 35.5. The van der Waals surface area contributed by atoms with E-state index in [4.69, 9.17) is 17.3 Å². The Morgan fingerprint density at radius 3 is 2.77 bits per heavy atom. The van der Waals surface area contributed by atoms with Crippen LogP contribution in [-0.2, 0) is 0 Å². The summed E-state index contributed by atoms with van der Waals surface area (Å²) in [6.45, 7) is 0.803. The molecule has 1 saturated carbocycles. The molecule has 2 atom stereocenters. The lowest BCUT2D eigenvalue weighted by molar-refractivity contribution is 0.810. The average Bonchev–Trinajstić information content (AvgIpc) is 2.83. The van der Waals surface area contributed by atoms with E-state index in [0.29, 0.717) is 11.8 Å². The average molecular weight is 218 g/mol. The van der Waals surface area contributed by atoms with Crippen molar-refractivity contribution in [3.05, 3.63) is 34.9 Å². The van der Waals surface area contributed by atoms with Gasteiger partial charge in [0.15, 0.2) is 0 Å². The maximum absolute atomic E-state index is 5.88. The maximum Gasteiger partial charge on any atom is 0.0408 e. The van der Waals surface area contributed by atoms with E-state index in [1.54, 1.807) is 0 Å². The Balaban J connectivity index is 0.000000845. The first-order chi connectivity index (χ1) is 5.81. The van der Waals surface area contributed by atoms with Crippen molar-refractivity contribution in [3.63, 3.8) is 0 Å². The molecule has 3 heteroatoms. The summed E-state index contributed by atoms with van der Waals surface area (Å²) in [4.78, 5) is 0. The quantitative estimate of drug-likeness (QED) is 0.811. The molecule has 0 radical (unpaired) electrons. The third kappa shape index (κ3) is 2.37. The van der Waals surface area contributed by atoms with Crippen molar-refractivity contribution < 1.29 is 0 Å². The number of benzene rings is 1. The van der Waals surface area contributed by atoms with Gasteiger partial charge in [-0.15, -0.1) is 12.4 Å². The Morgan fingerprint density at radius 1 is 1.46 bits per heavy atom. The van der Waals surface area contributed by atoms with Crippen molar-refractivity contribution in [2.75, 3.05) is 6.54 Å². The minimum absolute atomic E-state index is 0. The van der Waals surface area contributed by atoms with Crippen LogP contribution in [0.25, 0.3) is 0 Å². The molecule has 1 aliphatic rings. The van der Waals surface area contributed by atoms with Gasteiger partial charge in [0.2, 0.25) is 0 Å². The number of hydrogen-bond donors (Lipinski definition) is 1. The van der Waals surface area contributed by atoms with Crippen molar-refractivity contribution in [2.45, 2.75) is 12.3 Å². The van der Waals surface area contributed by atoms with Crippen molar-refractivity contribution in [1.29, 1.82) is 0 Å². The van der Waals surface area contributed by atoms with Gasteiger partial charge in [0.25, 0.3) is 0 Å². The lowest BCUT2D eigenvalue weighted by Crippen LogP contribution is -2.01. The highest BCUT2D eigenvalue weighted by Gasteiger charge is 2.36. The van der Waals surface area contributed by atoms with E-state index in [0.717, 1.165) is 11.6 Å². The van der Waals surface area contributed by atoms with E-state index in [1.807, 2.05) is 18.2 Å². The predicted octanol–water partition coefficient (Wildman–Crippen LogP) is 2.82. The lowest BCUT2D eigenvalue weighted by Gasteiger charge is -1.98. The molecule has 1 aliphatic carbocycles. The number of halogens is 2. The molecule has 13 heavy (non-hydrogen) atoms. The third-order valence-electron chi connectivity index (χ3n) is 2.50. The second kappa shape index (κ2) is 4.32. The molecule has 0 aromatic heterocycles. The van der Waals surface area contributed by atoms with Gasteiger partial charge in [0.05, 0.1) is 0 Å². The summed E-state index contributed by atoms with van der Waals surface area (Å²) in [5.74, 6) is 1.37. The smallest absolute Gasteiger partial charge is 0.0408 e. The van der Waals surface area contributed by atoms with E-state index < -0.39 is 0 Å². The Kier molecular flexibility index (Phi) is 3.60. The fraction of sp³-hybridized carbons (Fsp3) is 0.400. The molecule has 0 bridgehead atoms. The summed E-state index contributed by atoms with van der Waals surface area (Å²) in [5.41, 5.74) is 6.91. The molecule has 0 spiro atoms. The van der Waals surface area contributed by atoms with Gasteiger partial charge in [-0.1, -0.05) is 23.7 Å². The predicted molar refractivity (Wildman–Crippen MR) is 58.6 cm³/mol. The van der Waals surface area contributed by atoms with Crippen LogP contribution >= 0.6 is 24.0 Å². The molecule has 1 fully saturated rings. The molecule has 2 rings (SSSR count). The summed E-state index contributed by atoms with van der Waals surface area (Å²) in [5, 5.41) is 0.829. The van der Waals surface area contributed by atoms with Crippen LogP contribution in [0.5, 0.6) is 0 Å². The van der Waals surface area contributed by atoms with Gasteiger partial charge in [0.1, 0.15) is 0 Å². The summed E-state index contributed by atoms with van der Waals surface area (Å²) < 4.78 is 0. The van der Waals surface area contributed by atoms with Gasteiger partial charge in [-0.05, 0) is 42.5 Å². The van der Waals surface area contributed by atoms with Gasteiger partial charge < -0.3 is 5.73 Å². The second-order valence-corrected chi connectivity index (χ2v) is 3.83. The van der Waals surface area contributed by atoms with Crippen molar-refractivity contribution in [1.82, 2.24) is 0 Å². The van der Waals surface area contributed by atoms with E-state index >= 15 is 0 Å². The first-order valence-corrected chi connectivity index (χ1v) is 4.64. The van der Waals surface area contributed by atoms with Gasteiger partial charge in [0, 0.05) is 5.02 Å². The molecule has 1 aromatic rings. The molecule has 1 aromatic carbocycles. The van der Waals surface area contributed by atoms with Crippen LogP contribution in [0.1, 0.15) is 17.9 Å². The molecule has 0 heterocycles. The first-order valence-electron chi connectivity index (χ1n) is 4.27. The van der Waals surface area contributed by atoms with Gasteiger partial charge in [-0.2, -0.15) is 0 Å². The van der Waals surface area contributed by atoms with Crippen LogP contribution in [0.4, 0.5) is 0 Å². The standard InChI is InChI=1S/C10H12ClN.ClH/c11-9-3-1-2-7(4-9)10-5-8(10)6-12;/h1-4,8,10H,5-6,12H2;1H/t8-,10-;/m1./s1. The van der Waals surface area contributed by atoms with Crippen LogP contribution in [0.15, 0.2) is 24.3 Å². The molecule has 2 N–H and O–H groups in total. The van der Waals surface area contributed by atoms with E-state index in [9.17, 15) is 0 Å². The topological polar surface area (TPSA) is 26.0 Å². The van der Waals surface area contributed by atoms with Crippen LogP contribution in [0.2, 0.25) is 5.02 Å². The van der Waals surface area contributed by atoms with E-state index in [-0.39, 0.29) is 12.4 Å². The van der Waals surface area contributed by atoms with Gasteiger partial charge in [-0.25, -0.2) is 0 Å². The lowest BCUT2D eigenvalue weighted by atomic mass is 10.1. The Morgan fingerprint density at radius 2 is 2.23 bits per heavy atom. The van der Waals surface area contributed by atoms with E-state index in [1.165, 1.54) is 12.0 Å². The Bertz CT molecular complexity index is 288. The second-order valence-electron chi connectivity index (χ2n) is 3.39. The SMILES string of the molecule is Cl.NC[C@H]1C[C@@H]1c1cccc(Cl)c1. The van der Waals surface area contributed by atoms with Crippen LogP contribution in [-0.4, -0.2) is 6.54 Å². The highest BCUT2D eigenvalue weighted by molar-refractivity contribution is 6.30. The molecular weight excluding hydrogens is 205 g/mol. The minimum atomic E-state index is 0. The Hall–Kier alpha value is -0.240. The fourth-order valence-corrected chi connectivity index (χ4v) is 1.85. The first kappa shape index (κ1) is 10.8. The molecule has 0 aliphatic heterocycles. The van der Waals surface area contributed by atoms with Crippen LogP contribution < -0.4 is 5.73 Å². The van der Waals surface area contributed by atoms with Crippen LogP contribution in [0, 0.1) is 5.92 Å². The molecule has 1 nitrogen and oxygen atoms in total. The fourth-order valence-electron chi connectivity index (χ4n) is 1.65. The zero-order valence-electron chi connectivity index (χ0n) is 7.24. The number of rotatable bonds is 2. The molecule has 0 saturated heterocycles. The van der Waals surface area contributed by atoms with Crippen molar-refractivity contribution in [2.24, 2.45) is 11.7 Å². The summed E-state index contributed by atoms with van der Waals surface area (Å²) in [7, 11) is 0. The monoisotopic (exact) mass is 217 g/mol. The summed E-state index contributed by atoms with van der Waals surface area (Å²) in [6, 6.07) is 8.09. The zero-order valence-corrected chi connectivity index (χ0v) is 8.81. The van der Waals surface area contributed by atoms with Crippen molar-refractivity contribution in [3.8, 4) is 0 Å². The molecule has 0 amide bonds. The molecular formula is C10H13Cl2N. The van der Waals surface area contributed by atoms with Crippen LogP contribution in [0.3, 0.4) is 0 Å². The maximum atomic E-state index is 5.88. The largest absolute Gasteiger partial charge is 0.330 e.